The van der Waals surface area contributed by atoms with Crippen LogP contribution in [0.5, 0.6) is 0 Å². The summed E-state index contributed by atoms with van der Waals surface area (Å²) < 4.78 is 5.03. The molecule has 2 rings (SSSR count). The molecule has 3 N–H and O–H groups in total. The number of nitrogens with one attached hydrogen (secondary N) is 1. The molecule has 1 atom stereocenters. The summed E-state index contributed by atoms with van der Waals surface area (Å²) in [6, 6.07) is 9.06. The number of aliphatic carboxylic acids is 1. The monoisotopic (exact) mass is 276 g/mol. The molecule has 0 aliphatic carbocycles. The molecule has 7 heteroatoms. The van der Waals surface area contributed by atoms with Crippen molar-refractivity contribution in [3.63, 3.8) is 0 Å². The number of carboxylic acid groups (broad SMARTS) is 1. The number of hydrogen-bond acceptors (Lipinski definition) is 5. The van der Waals surface area contributed by atoms with E-state index in [4.69, 9.17) is 14.7 Å². The maximum atomic E-state index is 11.8. The molecule has 7 nitrogen and oxygen atoms in total. The highest BCUT2D eigenvalue weighted by Gasteiger charge is 2.21. The summed E-state index contributed by atoms with van der Waals surface area (Å²) in [5, 5.41) is 23.3. The predicted molar refractivity (Wildman–Crippen MR) is 67.9 cm³/mol. The highest BCUT2D eigenvalue weighted by molar-refractivity contribution is 5.95. The van der Waals surface area contributed by atoms with Gasteiger partial charge in [-0.2, -0.15) is 0 Å². The minimum Gasteiger partial charge on any atom is -0.480 e. The molecule has 0 aliphatic rings. The van der Waals surface area contributed by atoms with E-state index in [0.717, 1.165) is 5.56 Å². The van der Waals surface area contributed by atoms with Crippen LogP contribution in [0.15, 0.2) is 40.9 Å². The van der Waals surface area contributed by atoms with Crippen LogP contribution in [-0.2, 0) is 4.79 Å². The highest BCUT2D eigenvalue weighted by Crippen LogP contribution is 2.19. The number of aliphatic hydroxyl groups is 1. The van der Waals surface area contributed by atoms with Crippen LogP contribution in [0.25, 0.3) is 11.3 Å². The lowest BCUT2D eigenvalue weighted by Crippen LogP contribution is -2.43. The first-order chi connectivity index (χ1) is 9.61. The van der Waals surface area contributed by atoms with Gasteiger partial charge in [0.2, 0.25) is 0 Å². The van der Waals surface area contributed by atoms with Gasteiger partial charge >= 0.3 is 5.97 Å². The summed E-state index contributed by atoms with van der Waals surface area (Å²) in [6.07, 6.45) is 0. The van der Waals surface area contributed by atoms with Crippen LogP contribution in [0.2, 0.25) is 0 Å². The van der Waals surface area contributed by atoms with Gasteiger partial charge in [-0.25, -0.2) is 4.79 Å². The molecule has 0 spiro atoms. The number of aromatic nitrogens is 1. The fourth-order valence-corrected chi connectivity index (χ4v) is 1.54. The first-order valence-corrected chi connectivity index (χ1v) is 5.78. The molecule has 1 amide bonds. The molecular formula is C13H12N2O5. The van der Waals surface area contributed by atoms with Gasteiger partial charge in [0.05, 0.1) is 6.61 Å². The van der Waals surface area contributed by atoms with Crippen molar-refractivity contribution in [3.8, 4) is 11.3 Å². The molecular weight excluding hydrogens is 264 g/mol. The molecule has 0 fully saturated rings. The van der Waals surface area contributed by atoms with Crippen LogP contribution in [0, 0.1) is 0 Å². The number of carbonyl (C=O) groups excluding carboxylic acids is 1. The molecule has 0 aliphatic heterocycles. The molecule has 20 heavy (non-hydrogen) atoms. The lowest BCUT2D eigenvalue weighted by Gasteiger charge is -2.09. The molecule has 0 unspecified atom stereocenters. The molecule has 1 aromatic heterocycles. The fraction of sp³-hybridized carbons (Fsp3) is 0.154. The number of rotatable bonds is 5. The Morgan fingerprint density at radius 1 is 1.30 bits per heavy atom. The zero-order chi connectivity index (χ0) is 14.5. The van der Waals surface area contributed by atoms with Crippen molar-refractivity contribution >= 4 is 11.9 Å². The fourth-order valence-electron chi connectivity index (χ4n) is 1.54. The first-order valence-electron chi connectivity index (χ1n) is 5.78. The van der Waals surface area contributed by atoms with Crippen molar-refractivity contribution in [2.75, 3.05) is 6.61 Å². The molecule has 0 bridgehead atoms. The van der Waals surface area contributed by atoms with E-state index in [0.29, 0.717) is 5.76 Å². The number of carbonyl (C=O) groups is 2. The van der Waals surface area contributed by atoms with Crippen molar-refractivity contribution < 1.29 is 24.3 Å². The summed E-state index contributed by atoms with van der Waals surface area (Å²) in [5.41, 5.74) is 0.694. The largest absolute Gasteiger partial charge is 0.480 e. The second kappa shape index (κ2) is 5.98. The predicted octanol–water partition coefficient (Wildman–Crippen LogP) is 0.517. The molecule has 1 heterocycles. The van der Waals surface area contributed by atoms with E-state index >= 15 is 0 Å². The van der Waals surface area contributed by atoms with Crippen LogP contribution in [0.3, 0.4) is 0 Å². The smallest absolute Gasteiger partial charge is 0.328 e. The van der Waals surface area contributed by atoms with Crippen molar-refractivity contribution in [2.45, 2.75) is 6.04 Å². The van der Waals surface area contributed by atoms with E-state index in [1.54, 1.807) is 12.1 Å². The highest BCUT2D eigenvalue weighted by atomic mass is 16.5. The van der Waals surface area contributed by atoms with Crippen molar-refractivity contribution in [3.05, 3.63) is 42.1 Å². The summed E-state index contributed by atoms with van der Waals surface area (Å²) in [6.45, 7) is -0.704. The third kappa shape index (κ3) is 3.01. The Kier molecular flexibility index (Phi) is 4.11. The maximum Gasteiger partial charge on any atom is 0.328 e. The van der Waals surface area contributed by atoms with Gasteiger partial charge in [-0.05, 0) is 0 Å². The lowest BCUT2D eigenvalue weighted by atomic mass is 10.1. The number of amides is 1. The minimum absolute atomic E-state index is 0.0523. The Morgan fingerprint density at radius 2 is 2.00 bits per heavy atom. The second-order valence-electron chi connectivity index (χ2n) is 3.99. The average Bonchev–Trinajstić information content (AvgIpc) is 2.95. The molecule has 2 aromatic rings. The molecule has 0 radical (unpaired) electrons. The average molecular weight is 276 g/mol. The third-order valence-corrected chi connectivity index (χ3v) is 2.59. The van der Waals surface area contributed by atoms with Gasteiger partial charge in [-0.15, -0.1) is 0 Å². The zero-order valence-electron chi connectivity index (χ0n) is 10.3. The van der Waals surface area contributed by atoms with Gasteiger partial charge in [0, 0.05) is 11.6 Å². The quantitative estimate of drug-likeness (QED) is 0.733. The van der Waals surface area contributed by atoms with Gasteiger partial charge in [0.1, 0.15) is 0 Å². The van der Waals surface area contributed by atoms with Crippen LogP contribution >= 0.6 is 0 Å². The van der Waals surface area contributed by atoms with Crippen LogP contribution in [-0.4, -0.2) is 39.9 Å². The van der Waals surface area contributed by atoms with E-state index in [2.05, 4.69) is 10.5 Å². The Labute approximate surface area is 113 Å². The van der Waals surface area contributed by atoms with Crippen LogP contribution < -0.4 is 5.32 Å². The number of aliphatic hydroxyl groups excluding tert-OH is 1. The van der Waals surface area contributed by atoms with Gasteiger partial charge in [0.15, 0.2) is 17.5 Å². The SMILES string of the molecule is O=C(N[C@H](CO)C(=O)O)c1cc(-c2ccccc2)on1. The van der Waals surface area contributed by atoms with E-state index in [1.165, 1.54) is 6.07 Å². The van der Waals surface area contributed by atoms with Crippen molar-refractivity contribution in [2.24, 2.45) is 0 Å². The van der Waals surface area contributed by atoms with Gasteiger partial charge < -0.3 is 20.1 Å². The van der Waals surface area contributed by atoms with Crippen molar-refractivity contribution in [1.29, 1.82) is 0 Å². The van der Waals surface area contributed by atoms with Crippen LogP contribution in [0.1, 0.15) is 10.5 Å². The normalized spacial score (nSPS) is 11.8. The maximum absolute atomic E-state index is 11.8. The van der Waals surface area contributed by atoms with E-state index < -0.39 is 24.5 Å². The Hall–Kier alpha value is -2.67. The van der Waals surface area contributed by atoms with E-state index in [9.17, 15) is 9.59 Å². The van der Waals surface area contributed by atoms with Crippen LogP contribution in [0.4, 0.5) is 0 Å². The molecule has 0 saturated heterocycles. The molecule has 1 aromatic carbocycles. The van der Waals surface area contributed by atoms with E-state index in [1.807, 2.05) is 18.2 Å². The Morgan fingerprint density at radius 3 is 2.60 bits per heavy atom. The van der Waals surface area contributed by atoms with Gasteiger partial charge in [-0.3, -0.25) is 4.79 Å². The van der Waals surface area contributed by atoms with Gasteiger partial charge in [0.25, 0.3) is 5.91 Å². The number of hydrogen-bond donors (Lipinski definition) is 3. The van der Waals surface area contributed by atoms with Crippen molar-refractivity contribution in [1.82, 2.24) is 10.5 Å². The van der Waals surface area contributed by atoms with E-state index in [-0.39, 0.29) is 5.69 Å². The summed E-state index contributed by atoms with van der Waals surface area (Å²) in [4.78, 5) is 22.5. The topological polar surface area (TPSA) is 113 Å². The summed E-state index contributed by atoms with van der Waals surface area (Å²) >= 11 is 0. The first kappa shape index (κ1) is 13.8. The number of carboxylic acids is 1. The standard InChI is InChI=1S/C13H12N2O5/c16-7-10(13(18)19)14-12(17)9-6-11(20-15-9)8-4-2-1-3-5-8/h1-6,10,16H,7H2,(H,14,17)(H,18,19)/t10-/m1/s1. The summed E-state index contributed by atoms with van der Waals surface area (Å²) in [7, 11) is 0. The number of nitrogens with zero attached hydrogens (tertiary/aromatic N) is 1. The van der Waals surface area contributed by atoms with Gasteiger partial charge in [-0.1, -0.05) is 35.5 Å². The summed E-state index contributed by atoms with van der Waals surface area (Å²) in [5.74, 6) is -1.66. The minimum atomic E-state index is -1.38. The lowest BCUT2D eigenvalue weighted by molar-refractivity contribution is -0.140. The third-order valence-electron chi connectivity index (χ3n) is 2.59. The molecule has 104 valence electrons. The Bertz CT molecular complexity index is 608. The zero-order valence-corrected chi connectivity index (χ0v) is 10.3. The molecule has 0 saturated carbocycles. The number of benzene rings is 1. The second-order valence-corrected chi connectivity index (χ2v) is 3.99. The Balaban J connectivity index is 2.13.